The summed E-state index contributed by atoms with van der Waals surface area (Å²) in [7, 11) is 0. The predicted octanol–water partition coefficient (Wildman–Crippen LogP) is 1.27. The van der Waals surface area contributed by atoms with Crippen LogP contribution in [0.2, 0.25) is 0 Å². The van der Waals surface area contributed by atoms with Gasteiger partial charge in [0, 0.05) is 0 Å². The summed E-state index contributed by atoms with van der Waals surface area (Å²) in [5.41, 5.74) is 3.45. The zero-order valence-corrected chi connectivity index (χ0v) is 7.04. The number of rotatable bonds is 1. The van der Waals surface area contributed by atoms with Crippen molar-refractivity contribution in [3.8, 4) is 0 Å². The smallest absolute Gasteiger partial charge is 0.280 e. The van der Waals surface area contributed by atoms with Gasteiger partial charge in [-0.1, -0.05) is 0 Å². The monoisotopic (exact) mass is 185 g/mol. The minimum Gasteiger partial charge on any atom is -0.286 e. The van der Waals surface area contributed by atoms with Crippen molar-refractivity contribution in [1.29, 1.82) is 0 Å². The summed E-state index contributed by atoms with van der Waals surface area (Å²) in [6.07, 6.45) is 1.93. The molecule has 3 nitrogen and oxygen atoms in total. The van der Waals surface area contributed by atoms with Crippen molar-refractivity contribution in [3.63, 3.8) is 0 Å². The van der Waals surface area contributed by atoms with E-state index in [4.69, 9.17) is 0 Å². The highest BCUT2D eigenvalue weighted by atomic mass is 19.3. The van der Waals surface area contributed by atoms with E-state index in [0.717, 1.165) is 5.57 Å². The highest BCUT2D eigenvalue weighted by Gasteiger charge is 2.29. The van der Waals surface area contributed by atoms with Crippen LogP contribution in [-0.2, 0) is 0 Å². The number of hydrazine groups is 1. The van der Waals surface area contributed by atoms with Crippen molar-refractivity contribution in [1.82, 2.24) is 10.4 Å². The average molecular weight is 185 g/mol. The van der Waals surface area contributed by atoms with Crippen LogP contribution in [-0.4, -0.2) is 23.9 Å². The molecule has 0 spiro atoms. The number of nitrogens with one attached hydrogen (secondary N) is 1. The highest BCUT2D eigenvalue weighted by Crippen LogP contribution is 2.25. The normalized spacial score (nSPS) is 25.5. The van der Waals surface area contributed by atoms with Crippen LogP contribution >= 0.6 is 0 Å². The van der Waals surface area contributed by atoms with Crippen LogP contribution in [0, 0.1) is 0 Å². The molecule has 0 saturated heterocycles. The number of aliphatic imine (C=N–C) groups is 1. The molecule has 0 aromatic rings. The topological polar surface area (TPSA) is 27.6 Å². The summed E-state index contributed by atoms with van der Waals surface area (Å²) in [5.74, 6) is 0. The molecular formula is C8H9F2N3. The van der Waals surface area contributed by atoms with Crippen molar-refractivity contribution in [2.24, 2.45) is 4.99 Å². The van der Waals surface area contributed by atoms with Gasteiger partial charge in [-0.3, -0.25) is 10.4 Å². The van der Waals surface area contributed by atoms with Crippen LogP contribution in [0.25, 0.3) is 0 Å². The van der Waals surface area contributed by atoms with Crippen molar-refractivity contribution >= 4 is 6.34 Å². The van der Waals surface area contributed by atoms with E-state index < -0.39 is 6.43 Å². The lowest BCUT2D eigenvalue weighted by Gasteiger charge is -2.28. The summed E-state index contributed by atoms with van der Waals surface area (Å²) in [6.45, 7) is 1.79. The zero-order valence-electron chi connectivity index (χ0n) is 7.04. The molecule has 0 saturated carbocycles. The number of hydrogen-bond donors (Lipinski definition) is 1. The van der Waals surface area contributed by atoms with Gasteiger partial charge in [-0.2, -0.15) is 0 Å². The number of alkyl halides is 2. The fraction of sp³-hybridized carbons (Fsp3) is 0.375. The van der Waals surface area contributed by atoms with Crippen LogP contribution < -0.4 is 5.43 Å². The Labute approximate surface area is 74.4 Å². The average Bonchev–Trinajstić information content (AvgIpc) is 2.49. The lowest BCUT2D eigenvalue weighted by atomic mass is 10.1. The third kappa shape index (κ3) is 1.30. The molecule has 1 atom stereocenters. The second-order valence-corrected chi connectivity index (χ2v) is 2.97. The van der Waals surface area contributed by atoms with Gasteiger partial charge in [0.25, 0.3) is 6.43 Å². The van der Waals surface area contributed by atoms with Crippen molar-refractivity contribution in [2.45, 2.75) is 19.5 Å². The second kappa shape index (κ2) is 2.83. The summed E-state index contributed by atoms with van der Waals surface area (Å²) >= 11 is 0. The van der Waals surface area contributed by atoms with Gasteiger partial charge in [-0.05, 0) is 24.6 Å². The molecule has 0 aliphatic carbocycles. The van der Waals surface area contributed by atoms with Gasteiger partial charge in [0.05, 0.1) is 0 Å². The van der Waals surface area contributed by atoms with Gasteiger partial charge in [0.2, 0.25) is 0 Å². The summed E-state index contributed by atoms with van der Waals surface area (Å²) in [6, 6.07) is 0. The summed E-state index contributed by atoms with van der Waals surface area (Å²) in [5, 5.41) is 1.36. The molecule has 0 aromatic carbocycles. The molecule has 0 aromatic heterocycles. The van der Waals surface area contributed by atoms with Gasteiger partial charge in [-0.25, -0.2) is 13.8 Å². The lowest BCUT2D eigenvalue weighted by molar-refractivity contribution is 0.122. The molecule has 13 heavy (non-hydrogen) atoms. The largest absolute Gasteiger partial charge is 0.286 e. The first-order valence-electron chi connectivity index (χ1n) is 3.93. The second-order valence-electron chi connectivity index (χ2n) is 2.97. The lowest BCUT2D eigenvalue weighted by Crippen LogP contribution is -2.40. The fourth-order valence-electron chi connectivity index (χ4n) is 1.41. The first-order valence-corrected chi connectivity index (χ1v) is 3.93. The van der Waals surface area contributed by atoms with E-state index in [1.54, 1.807) is 6.92 Å². The zero-order chi connectivity index (χ0) is 9.42. The Morgan fingerprint density at radius 1 is 1.62 bits per heavy atom. The quantitative estimate of drug-likeness (QED) is 0.666. The Morgan fingerprint density at radius 3 is 3.08 bits per heavy atom. The molecular weight excluding hydrogens is 176 g/mol. The van der Waals surface area contributed by atoms with Gasteiger partial charge in [0.15, 0.2) is 6.17 Å². The number of fused-ring (bicyclic) bond motifs is 1. The molecule has 2 heterocycles. The maximum Gasteiger partial charge on any atom is 0.280 e. The van der Waals surface area contributed by atoms with Gasteiger partial charge < -0.3 is 0 Å². The Balaban J connectivity index is 2.31. The van der Waals surface area contributed by atoms with Crippen molar-refractivity contribution < 1.29 is 8.78 Å². The third-order valence-corrected chi connectivity index (χ3v) is 1.98. The van der Waals surface area contributed by atoms with Crippen LogP contribution in [0.5, 0.6) is 0 Å². The Kier molecular flexibility index (Phi) is 1.79. The van der Waals surface area contributed by atoms with E-state index >= 15 is 0 Å². The van der Waals surface area contributed by atoms with E-state index in [2.05, 4.69) is 10.4 Å². The van der Waals surface area contributed by atoms with E-state index in [1.165, 1.54) is 17.4 Å². The van der Waals surface area contributed by atoms with E-state index in [1.807, 2.05) is 6.08 Å². The Morgan fingerprint density at radius 2 is 2.38 bits per heavy atom. The van der Waals surface area contributed by atoms with Gasteiger partial charge >= 0.3 is 0 Å². The van der Waals surface area contributed by atoms with Crippen LogP contribution in [0.3, 0.4) is 0 Å². The van der Waals surface area contributed by atoms with Crippen molar-refractivity contribution in [3.05, 3.63) is 23.4 Å². The Hall–Kier alpha value is -1.39. The molecule has 1 unspecified atom stereocenters. The number of allylic oxidation sites excluding steroid dienone is 3. The molecule has 0 bridgehead atoms. The van der Waals surface area contributed by atoms with E-state index in [-0.39, 0.29) is 11.9 Å². The van der Waals surface area contributed by atoms with Gasteiger partial charge in [0.1, 0.15) is 12.0 Å². The third-order valence-electron chi connectivity index (χ3n) is 1.98. The number of hydrogen-bond acceptors (Lipinski definition) is 3. The molecule has 0 radical (unpaired) electrons. The van der Waals surface area contributed by atoms with Crippen LogP contribution in [0.1, 0.15) is 6.92 Å². The van der Waals surface area contributed by atoms with E-state index in [0.29, 0.717) is 0 Å². The molecule has 2 aliphatic rings. The number of halogens is 2. The first kappa shape index (κ1) is 8.22. The minimum atomic E-state index is -2.47. The molecule has 0 amide bonds. The minimum absolute atomic E-state index is 0.0255. The maximum atomic E-state index is 12.5. The molecule has 70 valence electrons. The van der Waals surface area contributed by atoms with E-state index in [9.17, 15) is 8.78 Å². The summed E-state index contributed by atoms with van der Waals surface area (Å²) in [4.78, 5) is 3.98. The SMILES string of the molecule is CC1=CC2N=CNN2C(C(F)F)=C1. The number of nitrogens with zero attached hydrogens (tertiary/aromatic N) is 2. The summed E-state index contributed by atoms with van der Waals surface area (Å²) < 4.78 is 25.0. The standard InChI is InChI=1S/C8H9F2N3/c1-5-2-6(8(9)10)13-7(3-5)11-4-12-13/h2-4,7-8H,1H3,(H,11,12). The van der Waals surface area contributed by atoms with Crippen LogP contribution in [0.15, 0.2) is 28.4 Å². The molecule has 5 heteroatoms. The fourth-order valence-corrected chi connectivity index (χ4v) is 1.41. The van der Waals surface area contributed by atoms with Crippen molar-refractivity contribution in [2.75, 3.05) is 0 Å². The molecule has 2 aliphatic heterocycles. The molecule has 1 N–H and O–H groups in total. The molecule has 2 rings (SSSR count). The van der Waals surface area contributed by atoms with Crippen LogP contribution in [0.4, 0.5) is 8.78 Å². The highest BCUT2D eigenvalue weighted by molar-refractivity contribution is 5.58. The van der Waals surface area contributed by atoms with Gasteiger partial charge in [-0.15, -0.1) is 0 Å². The molecule has 0 fully saturated rings. The maximum absolute atomic E-state index is 12.5. The predicted molar refractivity (Wildman–Crippen MR) is 45.1 cm³/mol. The Bertz CT molecular complexity index is 307. The first-order chi connectivity index (χ1) is 6.18.